The largest absolute Gasteiger partial charge is 0.481 e. The highest BCUT2D eigenvalue weighted by Gasteiger charge is 2.28. The molecule has 0 radical (unpaired) electrons. The van der Waals surface area contributed by atoms with Gasteiger partial charge in [0.15, 0.2) is 5.96 Å². The number of aliphatic carboxylic acids is 2. The van der Waals surface area contributed by atoms with Crippen LogP contribution in [0.2, 0.25) is 0 Å². The van der Waals surface area contributed by atoms with Crippen LogP contribution in [0.25, 0.3) is 0 Å². The minimum absolute atomic E-state index is 0.0178. The highest BCUT2D eigenvalue weighted by molar-refractivity contribution is 5.94. The lowest BCUT2D eigenvalue weighted by molar-refractivity contribution is -0.143. The average Bonchev–Trinajstić information content (AvgIpc) is 3.22. The number of carboxylic acid groups (broad SMARTS) is 2. The fourth-order valence-electron chi connectivity index (χ4n) is 2.86. The quantitative estimate of drug-likeness (QED) is 0.0791. The Morgan fingerprint density at radius 1 is 1.10 bits per heavy atom. The van der Waals surface area contributed by atoms with Crippen molar-refractivity contribution in [2.24, 2.45) is 16.5 Å². The van der Waals surface area contributed by atoms with Crippen LogP contribution in [0.3, 0.4) is 0 Å². The number of carbonyl (C=O) groups excluding carboxylic acids is 3. The number of hydrogen-bond donors (Lipinski definition) is 8. The topological polar surface area (TPSA) is 238 Å². The Labute approximate surface area is 178 Å². The lowest BCUT2D eigenvalue weighted by Crippen LogP contribution is -2.54. The molecular weight excluding hydrogens is 414 g/mol. The molecule has 3 unspecified atom stereocenters. The number of carbonyl (C=O) groups is 5. The van der Waals surface area contributed by atoms with Crippen LogP contribution >= 0.6 is 0 Å². The van der Waals surface area contributed by atoms with Crippen molar-refractivity contribution in [2.75, 3.05) is 19.6 Å². The molecule has 31 heavy (non-hydrogen) atoms. The predicted octanol–water partition coefficient (Wildman–Crippen LogP) is -3.56. The van der Waals surface area contributed by atoms with E-state index in [9.17, 15) is 29.1 Å². The molecule has 1 heterocycles. The van der Waals surface area contributed by atoms with Crippen LogP contribution in [-0.4, -0.2) is 83.6 Å². The average molecular weight is 443 g/mol. The Bertz CT molecular complexity index is 703. The Morgan fingerprint density at radius 3 is 2.35 bits per heavy atom. The molecule has 0 saturated carbocycles. The predicted molar refractivity (Wildman–Crippen MR) is 108 cm³/mol. The van der Waals surface area contributed by atoms with Crippen molar-refractivity contribution in [1.29, 1.82) is 0 Å². The fourth-order valence-corrected chi connectivity index (χ4v) is 2.86. The number of nitrogens with two attached hydrogens (primary N) is 2. The first-order valence-corrected chi connectivity index (χ1v) is 9.71. The van der Waals surface area contributed by atoms with Crippen LogP contribution in [0, 0.1) is 0 Å². The van der Waals surface area contributed by atoms with E-state index in [1.54, 1.807) is 0 Å². The van der Waals surface area contributed by atoms with E-state index in [1.807, 2.05) is 0 Å². The van der Waals surface area contributed by atoms with Crippen LogP contribution in [0.4, 0.5) is 0 Å². The Hall–Kier alpha value is -3.42. The Kier molecular flexibility index (Phi) is 10.7. The Morgan fingerprint density at radius 2 is 1.81 bits per heavy atom. The summed E-state index contributed by atoms with van der Waals surface area (Å²) in [6, 6.07) is -3.25. The molecule has 14 heteroatoms. The number of hydrogen-bond acceptors (Lipinski definition) is 7. The minimum Gasteiger partial charge on any atom is -0.481 e. The normalized spacial score (nSPS) is 17.1. The van der Waals surface area contributed by atoms with Gasteiger partial charge in [0, 0.05) is 6.54 Å². The molecule has 1 rings (SSSR count). The summed E-state index contributed by atoms with van der Waals surface area (Å²) in [5.41, 5.74) is 10.4. The Balaban J connectivity index is 2.61. The second kappa shape index (κ2) is 13.0. The van der Waals surface area contributed by atoms with Gasteiger partial charge >= 0.3 is 11.9 Å². The summed E-state index contributed by atoms with van der Waals surface area (Å²) in [5, 5.41) is 28.1. The molecule has 0 aromatic rings. The van der Waals surface area contributed by atoms with Crippen molar-refractivity contribution >= 4 is 35.6 Å². The molecular formula is C17H29N7O7. The smallest absolute Gasteiger partial charge is 0.326 e. The van der Waals surface area contributed by atoms with Crippen LogP contribution in [0.15, 0.2) is 4.99 Å². The maximum Gasteiger partial charge on any atom is 0.326 e. The van der Waals surface area contributed by atoms with Crippen molar-refractivity contribution in [1.82, 2.24) is 21.3 Å². The lowest BCUT2D eigenvalue weighted by atomic mass is 10.1. The molecule has 0 spiro atoms. The van der Waals surface area contributed by atoms with Crippen LogP contribution < -0.4 is 32.7 Å². The summed E-state index contributed by atoms with van der Waals surface area (Å²) in [5.74, 6) is -5.01. The number of rotatable bonds is 13. The molecule has 14 nitrogen and oxygen atoms in total. The van der Waals surface area contributed by atoms with E-state index in [2.05, 4.69) is 26.3 Å². The first-order chi connectivity index (χ1) is 14.6. The summed E-state index contributed by atoms with van der Waals surface area (Å²) >= 11 is 0. The molecule has 174 valence electrons. The zero-order chi connectivity index (χ0) is 23.4. The third-order valence-corrected chi connectivity index (χ3v) is 4.39. The van der Waals surface area contributed by atoms with Crippen LogP contribution in [-0.2, 0) is 24.0 Å². The molecule has 3 amide bonds. The van der Waals surface area contributed by atoms with Gasteiger partial charge in [-0.15, -0.1) is 0 Å². The molecule has 10 N–H and O–H groups in total. The molecule has 1 aliphatic rings. The van der Waals surface area contributed by atoms with Gasteiger partial charge in [0.1, 0.15) is 12.1 Å². The van der Waals surface area contributed by atoms with Crippen LogP contribution in [0.1, 0.15) is 32.1 Å². The van der Waals surface area contributed by atoms with Crippen molar-refractivity contribution in [3.05, 3.63) is 0 Å². The first-order valence-electron chi connectivity index (χ1n) is 9.71. The number of nitrogens with zero attached hydrogens (tertiary/aromatic N) is 1. The summed E-state index contributed by atoms with van der Waals surface area (Å²) in [4.78, 5) is 62.5. The van der Waals surface area contributed by atoms with Crippen molar-refractivity contribution < 1.29 is 34.2 Å². The van der Waals surface area contributed by atoms with Gasteiger partial charge in [-0.1, -0.05) is 0 Å². The standard InChI is InChI=1S/C17H29N7O7/c18-17(19)21-6-2-4-10(16(30)31)24-15(29)11(7-13(26)27)23-12(25)8-22-14(28)9-3-1-5-20-9/h9-11,20H,1-8H2,(H,22,28)(H,23,25)(H,24,29)(H,26,27)(H,30,31)(H4,18,19,21). The maximum absolute atomic E-state index is 12.4. The lowest BCUT2D eigenvalue weighted by Gasteiger charge is -2.20. The van der Waals surface area contributed by atoms with E-state index in [0.29, 0.717) is 13.0 Å². The van der Waals surface area contributed by atoms with Gasteiger partial charge in [0.2, 0.25) is 17.7 Å². The van der Waals surface area contributed by atoms with E-state index in [-0.39, 0.29) is 31.3 Å². The molecule has 3 atom stereocenters. The third kappa shape index (κ3) is 10.3. The molecule has 0 aromatic carbocycles. The van der Waals surface area contributed by atoms with E-state index in [4.69, 9.17) is 16.6 Å². The monoisotopic (exact) mass is 443 g/mol. The van der Waals surface area contributed by atoms with Gasteiger partial charge < -0.3 is 42.9 Å². The molecule has 0 bridgehead atoms. The van der Waals surface area contributed by atoms with Crippen LogP contribution in [0.5, 0.6) is 0 Å². The number of aliphatic imine (C=N–C) groups is 1. The SMILES string of the molecule is NC(N)=NCCCC(NC(=O)C(CC(=O)O)NC(=O)CNC(=O)C1CCCN1)C(=O)O. The highest BCUT2D eigenvalue weighted by Crippen LogP contribution is 2.04. The molecule has 1 saturated heterocycles. The van der Waals surface area contributed by atoms with Gasteiger partial charge in [-0.05, 0) is 32.2 Å². The molecule has 0 aromatic heterocycles. The van der Waals surface area contributed by atoms with Gasteiger partial charge in [-0.3, -0.25) is 24.2 Å². The third-order valence-electron chi connectivity index (χ3n) is 4.39. The van der Waals surface area contributed by atoms with E-state index >= 15 is 0 Å². The second-order valence-electron chi connectivity index (χ2n) is 6.93. The summed E-state index contributed by atoms with van der Waals surface area (Å²) in [7, 11) is 0. The second-order valence-corrected chi connectivity index (χ2v) is 6.93. The zero-order valence-corrected chi connectivity index (χ0v) is 16.9. The van der Waals surface area contributed by atoms with Gasteiger partial charge in [0.25, 0.3) is 0 Å². The van der Waals surface area contributed by atoms with E-state index in [1.165, 1.54) is 0 Å². The van der Waals surface area contributed by atoms with Crippen molar-refractivity contribution in [3.63, 3.8) is 0 Å². The van der Waals surface area contributed by atoms with E-state index < -0.39 is 54.8 Å². The number of amides is 3. The first kappa shape index (κ1) is 25.6. The maximum atomic E-state index is 12.4. The number of carboxylic acids is 2. The zero-order valence-electron chi connectivity index (χ0n) is 16.9. The number of nitrogens with one attached hydrogen (secondary N) is 4. The molecule has 1 aliphatic heterocycles. The summed E-state index contributed by atoms with van der Waals surface area (Å²) < 4.78 is 0. The van der Waals surface area contributed by atoms with E-state index in [0.717, 1.165) is 6.42 Å². The van der Waals surface area contributed by atoms with Gasteiger partial charge in [0.05, 0.1) is 19.0 Å². The molecule has 1 fully saturated rings. The minimum atomic E-state index is -1.52. The number of guanidine groups is 1. The summed E-state index contributed by atoms with van der Waals surface area (Å²) in [6.45, 7) is 0.385. The van der Waals surface area contributed by atoms with Crippen molar-refractivity contribution in [3.8, 4) is 0 Å². The van der Waals surface area contributed by atoms with Gasteiger partial charge in [-0.25, -0.2) is 4.79 Å². The highest BCUT2D eigenvalue weighted by atomic mass is 16.4. The van der Waals surface area contributed by atoms with Crippen molar-refractivity contribution in [2.45, 2.75) is 50.2 Å². The van der Waals surface area contributed by atoms with Gasteiger partial charge in [-0.2, -0.15) is 0 Å². The fraction of sp³-hybridized carbons (Fsp3) is 0.647. The summed E-state index contributed by atoms with van der Waals surface area (Å²) in [6.07, 6.45) is 0.928. The molecule has 0 aliphatic carbocycles.